The molecular formula is C15H13BrO2. The molecule has 3 heteroatoms. The lowest BCUT2D eigenvalue weighted by Gasteiger charge is -2.06. The smallest absolute Gasteiger partial charge is 0.167 e. The number of carbonyl (C=O) groups is 1. The van der Waals surface area contributed by atoms with Crippen LogP contribution in [0.25, 0.3) is 0 Å². The van der Waals surface area contributed by atoms with Crippen LogP contribution < -0.4 is 4.74 Å². The van der Waals surface area contributed by atoms with Crippen LogP contribution >= 0.6 is 15.9 Å². The minimum atomic E-state index is 0.101. The Kier molecular flexibility index (Phi) is 4.15. The first-order valence-electron chi connectivity index (χ1n) is 5.61. The second-order valence-electron chi connectivity index (χ2n) is 3.93. The molecule has 0 spiro atoms. The van der Waals surface area contributed by atoms with Gasteiger partial charge in [-0.2, -0.15) is 0 Å². The van der Waals surface area contributed by atoms with Crippen molar-refractivity contribution in [3.63, 3.8) is 0 Å². The van der Waals surface area contributed by atoms with Crippen LogP contribution in [0.2, 0.25) is 0 Å². The van der Waals surface area contributed by atoms with Crippen LogP contribution in [-0.2, 0) is 6.42 Å². The molecule has 0 aromatic heterocycles. The average molecular weight is 305 g/mol. The third-order valence-electron chi connectivity index (χ3n) is 2.68. The van der Waals surface area contributed by atoms with Crippen molar-refractivity contribution in [2.75, 3.05) is 7.11 Å². The molecule has 2 aromatic rings. The number of methoxy groups -OCH3 is 1. The fourth-order valence-electron chi connectivity index (χ4n) is 1.72. The molecule has 0 saturated carbocycles. The van der Waals surface area contributed by atoms with Crippen LogP contribution in [0.1, 0.15) is 15.9 Å². The molecule has 0 bridgehead atoms. The summed E-state index contributed by atoms with van der Waals surface area (Å²) in [6.45, 7) is 0. The number of benzene rings is 2. The first kappa shape index (κ1) is 12.8. The molecule has 2 aromatic carbocycles. The van der Waals surface area contributed by atoms with Gasteiger partial charge in [0.2, 0.25) is 0 Å². The Morgan fingerprint density at radius 1 is 1.17 bits per heavy atom. The Balaban J connectivity index is 2.17. The van der Waals surface area contributed by atoms with Crippen molar-refractivity contribution in [2.45, 2.75) is 6.42 Å². The molecule has 2 rings (SSSR count). The highest BCUT2D eigenvalue weighted by Crippen LogP contribution is 2.26. The first-order valence-corrected chi connectivity index (χ1v) is 6.40. The van der Waals surface area contributed by atoms with Crippen LogP contribution in [0.15, 0.2) is 53.0 Å². The van der Waals surface area contributed by atoms with Crippen LogP contribution in [0.3, 0.4) is 0 Å². The van der Waals surface area contributed by atoms with E-state index in [1.54, 1.807) is 25.3 Å². The highest BCUT2D eigenvalue weighted by molar-refractivity contribution is 9.10. The van der Waals surface area contributed by atoms with Crippen LogP contribution in [0, 0.1) is 0 Å². The topological polar surface area (TPSA) is 26.3 Å². The summed E-state index contributed by atoms with van der Waals surface area (Å²) in [5.41, 5.74) is 1.71. The number of Topliss-reactive ketones (excluding diaryl/α,β-unsaturated/α-hetero) is 1. The minimum Gasteiger partial charge on any atom is -0.496 e. The Hall–Kier alpha value is -1.61. The molecule has 0 aliphatic rings. The van der Waals surface area contributed by atoms with Crippen molar-refractivity contribution in [1.82, 2.24) is 0 Å². The van der Waals surface area contributed by atoms with Gasteiger partial charge in [-0.25, -0.2) is 0 Å². The lowest BCUT2D eigenvalue weighted by molar-refractivity contribution is 0.0993. The Labute approximate surface area is 115 Å². The van der Waals surface area contributed by atoms with Crippen molar-refractivity contribution >= 4 is 21.7 Å². The van der Waals surface area contributed by atoms with Crippen LogP contribution in [-0.4, -0.2) is 12.9 Å². The second kappa shape index (κ2) is 5.83. The standard InChI is InChI=1S/C15H13BrO2/c1-18-15-8-7-12(10-13(15)16)14(17)9-11-5-3-2-4-6-11/h2-8,10H,9H2,1H3. The van der Waals surface area contributed by atoms with E-state index in [4.69, 9.17) is 4.74 Å². The maximum Gasteiger partial charge on any atom is 0.167 e. The number of ether oxygens (including phenoxy) is 1. The van der Waals surface area contributed by atoms with Gasteiger partial charge < -0.3 is 4.74 Å². The molecule has 0 heterocycles. The van der Waals surface area contributed by atoms with E-state index in [2.05, 4.69) is 15.9 Å². The third kappa shape index (κ3) is 2.99. The molecule has 18 heavy (non-hydrogen) atoms. The van der Waals surface area contributed by atoms with E-state index in [-0.39, 0.29) is 5.78 Å². The first-order chi connectivity index (χ1) is 8.70. The molecule has 0 saturated heterocycles. The number of ketones is 1. The molecule has 0 atom stereocenters. The fraction of sp³-hybridized carbons (Fsp3) is 0.133. The van der Waals surface area contributed by atoms with E-state index < -0.39 is 0 Å². The van der Waals surface area contributed by atoms with Gasteiger partial charge in [-0.05, 0) is 39.7 Å². The highest BCUT2D eigenvalue weighted by Gasteiger charge is 2.09. The summed E-state index contributed by atoms with van der Waals surface area (Å²) in [7, 11) is 1.60. The molecule has 0 amide bonds. The summed E-state index contributed by atoms with van der Waals surface area (Å²) in [6.07, 6.45) is 0.416. The summed E-state index contributed by atoms with van der Waals surface area (Å²) in [5, 5.41) is 0. The quantitative estimate of drug-likeness (QED) is 0.801. The van der Waals surface area contributed by atoms with E-state index in [9.17, 15) is 4.79 Å². The number of rotatable bonds is 4. The normalized spacial score (nSPS) is 10.1. The largest absolute Gasteiger partial charge is 0.496 e. The summed E-state index contributed by atoms with van der Waals surface area (Å²) in [6, 6.07) is 15.1. The summed E-state index contributed by atoms with van der Waals surface area (Å²) < 4.78 is 5.94. The summed E-state index contributed by atoms with van der Waals surface area (Å²) in [4.78, 5) is 12.1. The van der Waals surface area contributed by atoms with E-state index >= 15 is 0 Å². The molecular weight excluding hydrogens is 292 g/mol. The highest BCUT2D eigenvalue weighted by atomic mass is 79.9. The van der Waals surface area contributed by atoms with E-state index in [1.165, 1.54) is 0 Å². The SMILES string of the molecule is COc1ccc(C(=O)Cc2ccccc2)cc1Br. The van der Waals surface area contributed by atoms with Crippen molar-refractivity contribution in [2.24, 2.45) is 0 Å². The van der Waals surface area contributed by atoms with Gasteiger partial charge in [0, 0.05) is 12.0 Å². The third-order valence-corrected chi connectivity index (χ3v) is 3.30. The van der Waals surface area contributed by atoms with Crippen molar-refractivity contribution in [3.05, 3.63) is 64.1 Å². The van der Waals surface area contributed by atoms with Gasteiger partial charge in [-0.15, -0.1) is 0 Å². The van der Waals surface area contributed by atoms with E-state index in [0.717, 1.165) is 15.8 Å². The van der Waals surface area contributed by atoms with Crippen molar-refractivity contribution < 1.29 is 9.53 Å². The van der Waals surface area contributed by atoms with E-state index in [0.29, 0.717) is 12.0 Å². The molecule has 0 radical (unpaired) electrons. The maximum absolute atomic E-state index is 12.1. The summed E-state index contributed by atoms with van der Waals surface area (Å²) in [5.74, 6) is 0.829. The average Bonchev–Trinajstić information content (AvgIpc) is 2.39. The molecule has 92 valence electrons. The lowest BCUT2D eigenvalue weighted by atomic mass is 10.0. The van der Waals surface area contributed by atoms with Gasteiger partial charge in [0.1, 0.15) is 5.75 Å². The van der Waals surface area contributed by atoms with Crippen molar-refractivity contribution in [3.8, 4) is 5.75 Å². The summed E-state index contributed by atoms with van der Waals surface area (Å²) >= 11 is 3.38. The second-order valence-corrected chi connectivity index (χ2v) is 4.79. The molecule has 0 N–H and O–H groups in total. The number of carbonyl (C=O) groups excluding carboxylic acids is 1. The maximum atomic E-state index is 12.1. The molecule has 0 aliphatic carbocycles. The Morgan fingerprint density at radius 2 is 1.89 bits per heavy atom. The Morgan fingerprint density at radius 3 is 2.50 bits per heavy atom. The molecule has 0 aliphatic heterocycles. The van der Waals surface area contributed by atoms with Gasteiger partial charge in [0.15, 0.2) is 5.78 Å². The Bertz CT molecular complexity index is 550. The van der Waals surface area contributed by atoms with Gasteiger partial charge in [-0.3, -0.25) is 4.79 Å². The molecule has 2 nitrogen and oxygen atoms in total. The van der Waals surface area contributed by atoms with Gasteiger partial charge in [-0.1, -0.05) is 30.3 Å². The number of hydrogen-bond donors (Lipinski definition) is 0. The van der Waals surface area contributed by atoms with Crippen LogP contribution in [0.5, 0.6) is 5.75 Å². The van der Waals surface area contributed by atoms with E-state index in [1.807, 2.05) is 30.3 Å². The van der Waals surface area contributed by atoms with Crippen LogP contribution in [0.4, 0.5) is 0 Å². The molecule has 0 unspecified atom stereocenters. The zero-order valence-electron chi connectivity index (χ0n) is 10.0. The van der Waals surface area contributed by atoms with Gasteiger partial charge >= 0.3 is 0 Å². The fourth-order valence-corrected chi connectivity index (χ4v) is 2.26. The van der Waals surface area contributed by atoms with Gasteiger partial charge in [0.25, 0.3) is 0 Å². The number of hydrogen-bond acceptors (Lipinski definition) is 2. The van der Waals surface area contributed by atoms with Gasteiger partial charge in [0.05, 0.1) is 11.6 Å². The lowest BCUT2D eigenvalue weighted by Crippen LogP contribution is -2.03. The predicted molar refractivity (Wildman–Crippen MR) is 75.2 cm³/mol. The van der Waals surface area contributed by atoms with Crippen molar-refractivity contribution in [1.29, 1.82) is 0 Å². The number of halogens is 1. The minimum absolute atomic E-state index is 0.101. The predicted octanol–water partition coefficient (Wildman–Crippen LogP) is 3.88. The molecule has 0 fully saturated rings. The zero-order chi connectivity index (χ0) is 13.0. The zero-order valence-corrected chi connectivity index (χ0v) is 11.6. The monoisotopic (exact) mass is 304 g/mol.